The average Bonchev–Trinajstić information content (AvgIpc) is 3.17. The van der Waals surface area contributed by atoms with Crippen molar-refractivity contribution in [2.75, 3.05) is 19.7 Å². The number of aliphatic hydroxyl groups is 1. The molecule has 3 fully saturated rings. The van der Waals surface area contributed by atoms with Crippen molar-refractivity contribution in [1.29, 1.82) is 0 Å². The zero-order valence-electron chi connectivity index (χ0n) is 16.6. The number of hydrogen-bond acceptors (Lipinski definition) is 7. The third-order valence-electron chi connectivity index (χ3n) is 6.74. The number of carbonyl (C=O) groups excluding carboxylic acids is 1. The lowest BCUT2D eigenvalue weighted by atomic mass is 9.75. The maximum absolute atomic E-state index is 12.9. The zero-order chi connectivity index (χ0) is 19.8. The summed E-state index contributed by atoms with van der Waals surface area (Å²) in [6.07, 6.45) is 7.14. The van der Waals surface area contributed by atoms with Crippen LogP contribution in [0.15, 0.2) is 6.20 Å². The van der Waals surface area contributed by atoms with E-state index in [0.717, 1.165) is 51.6 Å². The Morgan fingerprint density at radius 3 is 2.79 bits per heavy atom. The summed E-state index contributed by atoms with van der Waals surface area (Å²) in [5.74, 6) is -0.300. The van der Waals surface area contributed by atoms with Crippen LogP contribution in [0.3, 0.4) is 0 Å². The van der Waals surface area contributed by atoms with Crippen molar-refractivity contribution in [3.8, 4) is 0 Å². The van der Waals surface area contributed by atoms with E-state index in [1.807, 2.05) is 6.92 Å². The Labute approximate surface area is 165 Å². The van der Waals surface area contributed by atoms with Crippen molar-refractivity contribution in [2.45, 2.75) is 81.2 Å². The molecule has 0 aromatic carbocycles. The summed E-state index contributed by atoms with van der Waals surface area (Å²) in [4.78, 5) is 12.9. The van der Waals surface area contributed by atoms with Gasteiger partial charge in [0, 0.05) is 12.5 Å². The zero-order valence-corrected chi connectivity index (χ0v) is 16.6. The maximum Gasteiger partial charge on any atom is 0.273 e. The summed E-state index contributed by atoms with van der Waals surface area (Å²) in [6, 6.07) is 0.510. The Morgan fingerprint density at radius 2 is 2.07 bits per heavy atom. The van der Waals surface area contributed by atoms with E-state index < -0.39 is 11.6 Å². The Hall–Kier alpha value is -1.55. The predicted molar refractivity (Wildman–Crippen MR) is 103 cm³/mol. The third kappa shape index (κ3) is 3.94. The van der Waals surface area contributed by atoms with Crippen molar-refractivity contribution in [3.05, 3.63) is 11.9 Å². The van der Waals surface area contributed by atoms with Gasteiger partial charge in [0.25, 0.3) is 5.91 Å². The topological polar surface area (TPSA) is 127 Å². The van der Waals surface area contributed by atoms with E-state index >= 15 is 0 Å². The van der Waals surface area contributed by atoms with Gasteiger partial charge in [-0.1, -0.05) is 5.21 Å². The standard InChI is InChI=1S/C19H32N6O3/c1-18(12-19(28-11-16(18)26)6-8-21-9-7-19)22-17(27)15-10-25(24-23-15)14-4-2-13(20)3-5-14/h10,13-14,16,21,26H,2-9,11-12,20H2,1H3,(H,22,27)/t13?,14?,16-,18-/m0/s1. The molecule has 2 atom stereocenters. The van der Waals surface area contributed by atoms with E-state index in [1.165, 1.54) is 0 Å². The molecule has 0 radical (unpaired) electrons. The van der Waals surface area contributed by atoms with Crippen molar-refractivity contribution >= 4 is 5.91 Å². The normalized spacial score (nSPS) is 35.6. The van der Waals surface area contributed by atoms with Crippen LogP contribution in [0.5, 0.6) is 0 Å². The van der Waals surface area contributed by atoms with Crippen molar-refractivity contribution in [2.24, 2.45) is 5.73 Å². The SMILES string of the molecule is C[C@]1(NC(=O)c2cn(C3CCC(N)CC3)nn2)CC2(CCNCC2)OC[C@@H]1O. The van der Waals surface area contributed by atoms with E-state index in [4.69, 9.17) is 10.5 Å². The van der Waals surface area contributed by atoms with Gasteiger partial charge in [0.2, 0.25) is 0 Å². The molecule has 28 heavy (non-hydrogen) atoms. The predicted octanol–water partition coefficient (Wildman–Crippen LogP) is 0.112. The number of nitrogens with one attached hydrogen (secondary N) is 2. The highest BCUT2D eigenvalue weighted by Gasteiger charge is 2.49. The first-order valence-corrected chi connectivity index (χ1v) is 10.4. The first-order chi connectivity index (χ1) is 13.4. The number of hydrogen-bond donors (Lipinski definition) is 4. The number of piperidine rings is 1. The first kappa shape index (κ1) is 19.8. The van der Waals surface area contributed by atoms with Gasteiger partial charge in [-0.15, -0.1) is 5.10 Å². The molecule has 1 saturated carbocycles. The molecule has 4 rings (SSSR count). The number of nitrogens with two attached hydrogens (primary N) is 1. The van der Waals surface area contributed by atoms with Crippen LogP contribution in [-0.2, 0) is 4.74 Å². The second-order valence-corrected chi connectivity index (χ2v) is 8.96. The Kier molecular flexibility index (Phi) is 5.43. The third-order valence-corrected chi connectivity index (χ3v) is 6.74. The molecule has 1 amide bonds. The van der Waals surface area contributed by atoms with Gasteiger partial charge in [-0.3, -0.25) is 4.79 Å². The van der Waals surface area contributed by atoms with E-state index in [-0.39, 0.29) is 35.9 Å². The molecular weight excluding hydrogens is 360 g/mol. The molecule has 0 bridgehead atoms. The highest BCUT2D eigenvalue weighted by atomic mass is 16.5. The minimum absolute atomic E-state index is 0.228. The van der Waals surface area contributed by atoms with Crippen LogP contribution < -0.4 is 16.4 Å². The lowest BCUT2D eigenvalue weighted by Crippen LogP contribution is -2.65. The molecule has 1 aromatic rings. The molecule has 1 aliphatic carbocycles. The van der Waals surface area contributed by atoms with Crippen LogP contribution in [0.1, 0.15) is 68.4 Å². The molecule has 1 aromatic heterocycles. The van der Waals surface area contributed by atoms with Crippen LogP contribution in [0, 0.1) is 0 Å². The lowest BCUT2D eigenvalue weighted by Gasteiger charge is -2.50. The van der Waals surface area contributed by atoms with E-state index in [0.29, 0.717) is 6.42 Å². The summed E-state index contributed by atoms with van der Waals surface area (Å²) in [5.41, 5.74) is 5.22. The maximum atomic E-state index is 12.9. The summed E-state index contributed by atoms with van der Waals surface area (Å²) in [6.45, 7) is 3.90. The van der Waals surface area contributed by atoms with Gasteiger partial charge in [-0.25, -0.2) is 4.68 Å². The van der Waals surface area contributed by atoms with Gasteiger partial charge in [-0.05, 0) is 58.5 Å². The number of ether oxygens (including phenoxy) is 1. The summed E-state index contributed by atoms with van der Waals surface area (Å²) in [7, 11) is 0. The quantitative estimate of drug-likeness (QED) is 0.575. The van der Waals surface area contributed by atoms with E-state index in [9.17, 15) is 9.90 Å². The molecule has 9 heteroatoms. The number of aromatic nitrogens is 3. The second kappa shape index (κ2) is 7.70. The van der Waals surface area contributed by atoms with E-state index in [1.54, 1.807) is 10.9 Å². The Bertz CT molecular complexity index is 696. The highest BCUT2D eigenvalue weighted by molar-refractivity contribution is 5.92. The molecule has 2 aliphatic heterocycles. The number of rotatable bonds is 3. The summed E-state index contributed by atoms with van der Waals surface area (Å²) < 4.78 is 7.80. The Balaban J connectivity index is 1.43. The number of nitrogens with zero attached hydrogens (tertiary/aromatic N) is 3. The van der Waals surface area contributed by atoms with Gasteiger partial charge < -0.3 is 26.2 Å². The van der Waals surface area contributed by atoms with Gasteiger partial charge in [0.15, 0.2) is 5.69 Å². The van der Waals surface area contributed by atoms with Crippen molar-refractivity contribution in [1.82, 2.24) is 25.6 Å². The Morgan fingerprint density at radius 1 is 1.36 bits per heavy atom. The molecule has 2 saturated heterocycles. The van der Waals surface area contributed by atoms with Gasteiger partial charge in [0.05, 0.1) is 30.0 Å². The van der Waals surface area contributed by atoms with Crippen LogP contribution in [0.4, 0.5) is 0 Å². The minimum atomic E-state index is -0.758. The monoisotopic (exact) mass is 392 g/mol. The van der Waals surface area contributed by atoms with Crippen LogP contribution in [0.25, 0.3) is 0 Å². The van der Waals surface area contributed by atoms with Crippen LogP contribution in [0.2, 0.25) is 0 Å². The fourth-order valence-corrected chi connectivity index (χ4v) is 4.86. The lowest BCUT2D eigenvalue weighted by molar-refractivity contribution is -0.169. The molecule has 0 unspecified atom stereocenters. The fourth-order valence-electron chi connectivity index (χ4n) is 4.86. The highest BCUT2D eigenvalue weighted by Crippen LogP contribution is 2.38. The smallest absolute Gasteiger partial charge is 0.273 e. The molecule has 3 aliphatic rings. The van der Waals surface area contributed by atoms with E-state index in [2.05, 4.69) is 20.9 Å². The molecule has 9 nitrogen and oxygen atoms in total. The fraction of sp³-hybridized carbons (Fsp3) is 0.842. The summed E-state index contributed by atoms with van der Waals surface area (Å²) in [5, 5.41) is 25.2. The molecule has 5 N–H and O–H groups in total. The number of aliphatic hydroxyl groups excluding tert-OH is 1. The minimum Gasteiger partial charge on any atom is -0.388 e. The number of carbonyl (C=O) groups is 1. The molecule has 3 heterocycles. The van der Waals surface area contributed by atoms with Crippen molar-refractivity contribution < 1.29 is 14.6 Å². The van der Waals surface area contributed by atoms with Gasteiger partial charge >= 0.3 is 0 Å². The van der Waals surface area contributed by atoms with Gasteiger partial charge in [0.1, 0.15) is 6.10 Å². The largest absolute Gasteiger partial charge is 0.388 e. The van der Waals surface area contributed by atoms with Crippen molar-refractivity contribution in [3.63, 3.8) is 0 Å². The summed E-state index contributed by atoms with van der Waals surface area (Å²) >= 11 is 0. The first-order valence-electron chi connectivity index (χ1n) is 10.4. The molecule has 1 spiro atoms. The van der Waals surface area contributed by atoms with Gasteiger partial charge in [-0.2, -0.15) is 0 Å². The second-order valence-electron chi connectivity index (χ2n) is 8.96. The average molecular weight is 393 g/mol. The van der Waals surface area contributed by atoms with Crippen LogP contribution in [-0.4, -0.2) is 69.0 Å². The molecule has 156 valence electrons. The van der Waals surface area contributed by atoms with Crippen LogP contribution >= 0.6 is 0 Å². The number of amides is 1. The molecular formula is C19H32N6O3.